The maximum Gasteiger partial charge on any atom is 0.318 e. The molecule has 2 amide bonds. The van der Waals surface area contributed by atoms with Crippen molar-refractivity contribution in [1.82, 2.24) is 10.2 Å². The van der Waals surface area contributed by atoms with Crippen LogP contribution >= 0.6 is 0 Å². The fourth-order valence-electron chi connectivity index (χ4n) is 1.00. The standard InChI is InChI=1S/C9H20N4O/c1-6(2)12-9(14)13(7(3)4)5-8(10)11/h6-7H,5H2,1-4H3,(H3,10,11)(H,12,14). The first kappa shape index (κ1) is 12.7. The maximum absolute atomic E-state index is 11.6. The Kier molecular flexibility index (Phi) is 4.97. The van der Waals surface area contributed by atoms with Crippen molar-refractivity contribution in [3.63, 3.8) is 0 Å². The van der Waals surface area contributed by atoms with E-state index in [2.05, 4.69) is 5.32 Å². The lowest BCUT2D eigenvalue weighted by atomic mass is 10.3. The van der Waals surface area contributed by atoms with Gasteiger partial charge in [-0.15, -0.1) is 0 Å². The Morgan fingerprint density at radius 2 is 1.93 bits per heavy atom. The molecule has 0 saturated heterocycles. The van der Waals surface area contributed by atoms with Gasteiger partial charge in [-0.3, -0.25) is 5.41 Å². The fraction of sp³-hybridized carbons (Fsp3) is 0.778. The molecule has 0 saturated carbocycles. The van der Waals surface area contributed by atoms with Gasteiger partial charge in [-0.2, -0.15) is 0 Å². The van der Waals surface area contributed by atoms with Crippen molar-refractivity contribution in [2.24, 2.45) is 5.73 Å². The van der Waals surface area contributed by atoms with Gasteiger partial charge in [0, 0.05) is 12.1 Å². The molecular formula is C9H20N4O. The number of amidine groups is 1. The van der Waals surface area contributed by atoms with Gasteiger partial charge in [-0.1, -0.05) is 0 Å². The summed E-state index contributed by atoms with van der Waals surface area (Å²) in [6, 6.07) is -0.0430. The Morgan fingerprint density at radius 3 is 2.21 bits per heavy atom. The smallest absolute Gasteiger partial charge is 0.318 e. The zero-order chi connectivity index (χ0) is 11.3. The summed E-state index contributed by atoms with van der Waals surface area (Å²) in [7, 11) is 0. The number of nitrogens with two attached hydrogens (primary N) is 1. The number of amides is 2. The van der Waals surface area contributed by atoms with E-state index < -0.39 is 0 Å². The second-order valence-corrected chi connectivity index (χ2v) is 3.85. The van der Waals surface area contributed by atoms with Gasteiger partial charge in [0.1, 0.15) is 5.84 Å². The van der Waals surface area contributed by atoms with E-state index in [1.54, 1.807) is 0 Å². The zero-order valence-corrected chi connectivity index (χ0v) is 9.29. The lowest BCUT2D eigenvalue weighted by molar-refractivity contribution is 0.189. The Labute approximate surface area is 85.2 Å². The van der Waals surface area contributed by atoms with E-state index in [1.807, 2.05) is 27.7 Å². The van der Waals surface area contributed by atoms with Crippen LogP contribution in [-0.4, -0.2) is 35.4 Å². The molecule has 0 aromatic rings. The molecule has 82 valence electrons. The van der Waals surface area contributed by atoms with Crippen LogP contribution in [0.4, 0.5) is 4.79 Å². The highest BCUT2D eigenvalue weighted by atomic mass is 16.2. The van der Waals surface area contributed by atoms with Gasteiger partial charge in [0.25, 0.3) is 0 Å². The van der Waals surface area contributed by atoms with Crippen molar-refractivity contribution in [2.45, 2.75) is 39.8 Å². The van der Waals surface area contributed by atoms with Crippen LogP contribution in [0.5, 0.6) is 0 Å². The first-order valence-electron chi connectivity index (χ1n) is 4.74. The number of hydrogen-bond donors (Lipinski definition) is 3. The molecule has 0 unspecified atom stereocenters. The number of urea groups is 1. The predicted molar refractivity (Wildman–Crippen MR) is 57.4 cm³/mol. The summed E-state index contributed by atoms with van der Waals surface area (Å²) < 4.78 is 0. The summed E-state index contributed by atoms with van der Waals surface area (Å²) in [4.78, 5) is 13.1. The average Bonchev–Trinajstić information content (AvgIpc) is 1.97. The van der Waals surface area contributed by atoms with Gasteiger partial charge in [-0.05, 0) is 27.7 Å². The largest absolute Gasteiger partial charge is 0.386 e. The topological polar surface area (TPSA) is 82.2 Å². The maximum atomic E-state index is 11.6. The molecule has 0 rings (SSSR count). The number of nitrogens with zero attached hydrogens (tertiary/aromatic N) is 1. The normalized spacial score (nSPS) is 10.4. The van der Waals surface area contributed by atoms with E-state index in [4.69, 9.17) is 11.1 Å². The van der Waals surface area contributed by atoms with Gasteiger partial charge in [0.2, 0.25) is 0 Å². The summed E-state index contributed by atoms with van der Waals surface area (Å²) in [5.74, 6) is -0.00222. The summed E-state index contributed by atoms with van der Waals surface area (Å²) >= 11 is 0. The molecule has 0 aliphatic rings. The molecule has 0 aliphatic carbocycles. The number of carbonyl (C=O) groups is 1. The van der Waals surface area contributed by atoms with E-state index in [9.17, 15) is 4.79 Å². The number of carbonyl (C=O) groups excluding carboxylic acids is 1. The van der Waals surface area contributed by atoms with Crippen LogP contribution < -0.4 is 11.1 Å². The second-order valence-electron chi connectivity index (χ2n) is 3.85. The highest BCUT2D eigenvalue weighted by molar-refractivity contribution is 5.84. The molecule has 0 aliphatic heterocycles. The third-order valence-electron chi connectivity index (χ3n) is 1.64. The molecule has 5 heteroatoms. The highest BCUT2D eigenvalue weighted by Gasteiger charge is 2.17. The summed E-state index contributed by atoms with van der Waals surface area (Å²) in [6.07, 6.45) is 0. The molecule has 0 spiro atoms. The Bertz CT molecular complexity index is 213. The molecule has 0 fully saturated rings. The Balaban J connectivity index is 4.33. The van der Waals surface area contributed by atoms with Gasteiger partial charge in [0.05, 0.1) is 6.54 Å². The number of rotatable bonds is 4. The van der Waals surface area contributed by atoms with Crippen molar-refractivity contribution in [1.29, 1.82) is 5.41 Å². The van der Waals surface area contributed by atoms with E-state index in [0.717, 1.165) is 0 Å². The first-order valence-corrected chi connectivity index (χ1v) is 4.74. The number of nitrogens with one attached hydrogen (secondary N) is 2. The van der Waals surface area contributed by atoms with E-state index in [1.165, 1.54) is 4.90 Å². The first-order chi connectivity index (χ1) is 6.34. The molecule has 0 bridgehead atoms. The molecule has 0 aromatic carbocycles. The van der Waals surface area contributed by atoms with E-state index in [-0.39, 0.29) is 30.5 Å². The molecular weight excluding hydrogens is 180 g/mol. The molecule has 0 radical (unpaired) electrons. The molecule has 5 nitrogen and oxygen atoms in total. The SMILES string of the molecule is CC(C)NC(=O)N(CC(=N)N)C(C)C. The molecule has 4 N–H and O–H groups in total. The van der Waals surface area contributed by atoms with Crippen LogP contribution in [0, 0.1) is 5.41 Å². The second kappa shape index (κ2) is 5.47. The highest BCUT2D eigenvalue weighted by Crippen LogP contribution is 1.98. The van der Waals surface area contributed by atoms with Crippen molar-refractivity contribution in [3.05, 3.63) is 0 Å². The lowest BCUT2D eigenvalue weighted by Crippen LogP contribution is -2.49. The summed E-state index contributed by atoms with van der Waals surface area (Å²) in [6.45, 7) is 7.75. The quantitative estimate of drug-likeness (QED) is 0.462. The third kappa shape index (κ3) is 4.69. The monoisotopic (exact) mass is 200 g/mol. The summed E-state index contributed by atoms with van der Waals surface area (Å²) in [5, 5.41) is 9.91. The lowest BCUT2D eigenvalue weighted by Gasteiger charge is -2.27. The van der Waals surface area contributed by atoms with Crippen molar-refractivity contribution < 1.29 is 4.79 Å². The van der Waals surface area contributed by atoms with Gasteiger partial charge < -0.3 is 16.0 Å². The minimum absolute atomic E-state index is 0.00222. The van der Waals surface area contributed by atoms with Crippen LogP contribution in [0.2, 0.25) is 0 Å². The van der Waals surface area contributed by atoms with Crippen LogP contribution in [0.25, 0.3) is 0 Å². The molecule has 0 heterocycles. The van der Waals surface area contributed by atoms with E-state index in [0.29, 0.717) is 0 Å². The van der Waals surface area contributed by atoms with Crippen molar-refractivity contribution in [2.75, 3.05) is 6.54 Å². The number of hydrogen-bond acceptors (Lipinski definition) is 2. The Hall–Kier alpha value is -1.26. The van der Waals surface area contributed by atoms with Crippen LogP contribution in [0.15, 0.2) is 0 Å². The molecule has 0 aromatic heterocycles. The third-order valence-corrected chi connectivity index (χ3v) is 1.64. The van der Waals surface area contributed by atoms with Crippen LogP contribution in [-0.2, 0) is 0 Å². The fourth-order valence-corrected chi connectivity index (χ4v) is 1.00. The van der Waals surface area contributed by atoms with Gasteiger partial charge in [-0.25, -0.2) is 4.79 Å². The van der Waals surface area contributed by atoms with Gasteiger partial charge >= 0.3 is 6.03 Å². The van der Waals surface area contributed by atoms with Crippen molar-refractivity contribution >= 4 is 11.9 Å². The van der Waals surface area contributed by atoms with Crippen LogP contribution in [0.1, 0.15) is 27.7 Å². The predicted octanol–water partition coefficient (Wildman–Crippen LogP) is 0.751. The molecule has 0 atom stereocenters. The van der Waals surface area contributed by atoms with Crippen LogP contribution in [0.3, 0.4) is 0 Å². The molecule has 14 heavy (non-hydrogen) atoms. The van der Waals surface area contributed by atoms with E-state index >= 15 is 0 Å². The minimum Gasteiger partial charge on any atom is -0.386 e. The summed E-state index contributed by atoms with van der Waals surface area (Å²) in [5.41, 5.74) is 5.26. The minimum atomic E-state index is -0.176. The van der Waals surface area contributed by atoms with Crippen molar-refractivity contribution in [3.8, 4) is 0 Å². The van der Waals surface area contributed by atoms with Gasteiger partial charge in [0.15, 0.2) is 0 Å². The zero-order valence-electron chi connectivity index (χ0n) is 9.29. The average molecular weight is 200 g/mol. The Morgan fingerprint density at radius 1 is 1.43 bits per heavy atom.